The van der Waals surface area contributed by atoms with Crippen LogP contribution in [0.25, 0.3) is 11.1 Å². The van der Waals surface area contributed by atoms with Crippen LogP contribution in [0.5, 0.6) is 5.88 Å². The van der Waals surface area contributed by atoms with Crippen LogP contribution in [0.2, 0.25) is 4.34 Å². The summed E-state index contributed by atoms with van der Waals surface area (Å²) < 4.78 is 5.90. The highest BCUT2D eigenvalue weighted by Crippen LogP contribution is 2.25. The third-order valence-electron chi connectivity index (χ3n) is 3.24. The van der Waals surface area contributed by atoms with Gasteiger partial charge in [0.05, 0.1) is 11.4 Å². The third kappa shape index (κ3) is 3.59. The van der Waals surface area contributed by atoms with Crippen LogP contribution in [0.4, 0.5) is 5.69 Å². The lowest BCUT2D eigenvalue weighted by molar-refractivity contribution is 0.398. The first kappa shape index (κ1) is 14.9. The number of thiophene rings is 1. The molecule has 0 saturated carbocycles. The van der Waals surface area contributed by atoms with Gasteiger partial charge in [0.2, 0.25) is 5.88 Å². The second kappa shape index (κ2) is 6.81. The summed E-state index contributed by atoms with van der Waals surface area (Å²) in [5.41, 5.74) is 3.24. The number of rotatable bonds is 5. The molecule has 22 heavy (non-hydrogen) atoms. The van der Waals surface area contributed by atoms with Crippen LogP contribution in [-0.2, 0) is 6.54 Å². The van der Waals surface area contributed by atoms with Gasteiger partial charge >= 0.3 is 0 Å². The lowest BCUT2D eigenvalue weighted by atomic mass is 10.1. The van der Waals surface area contributed by atoms with Crippen LogP contribution in [-0.4, -0.2) is 12.1 Å². The summed E-state index contributed by atoms with van der Waals surface area (Å²) in [6.07, 6.45) is 1.82. The number of aromatic nitrogens is 1. The molecule has 0 saturated heterocycles. The molecule has 3 nitrogen and oxygen atoms in total. The van der Waals surface area contributed by atoms with E-state index in [2.05, 4.69) is 28.5 Å². The van der Waals surface area contributed by atoms with E-state index >= 15 is 0 Å². The molecular formula is C17H15ClN2OS. The predicted molar refractivity (Wildman–Crippen MR) is 92.9 cm³/mol. The first-order chi connectivity index (χ1) is 10.7. The fourth-order valence-corrected chi connectivity index (χ4v) is 3.14. The van der Waals surface area contributed by atoms with Crippen molar-refractivity contribution in [2.45, 2.75) is 6.54 Å². The summed E-state index contributed by atoms with van der Waals surface area (Å²) >= 11 is 7.54. The Kier molecular flexibility index (Phi) is 4.61. The first-order valence-corrected chi connectivity index (χ1v) is 8.02. The van der Waals surface area contributed by atoms with Crippen molar-refractivity contribution in [3.05, 3.63) is 63.9 Å². The number of anilines is 1. The molecule has 1 N–H and O–H groups in total. The van der Waals surface area contributed by atoms with E-state index in [0.717, 1.165) is 27.7 Å². The number of nitrogens with one attached hydrogen (secondary N) is 1. The molecule has 112 valence electrons. The average Bonchev–Trinajstić information content (AvgIpc) is 2.99. The zero-order valence-corrected chi connectivity index (χ0v) is 13.6. The van der Waals surface area contributed by atoms with Gasteiger partial charge in [-0.3, -0.25) is 0 Å². The molecule has 3 aromatic rings. The maximum Gasteiger partial charge on any atom is 0.212 e. The van der Waals surface area contributed by atoms with Crippen molar-refractivity contribution in [1.82, 2.24) is 4.98 Å². The van der Waals surface area contributed by atoms with Crippen molar-refractivity contribution < 1.29 is 4.74 Å². The van der Waals surface area contributed by atoms with Gasteiger partial charge in [0, 0.05) is 34.9 Å². The van der Waals surface area contributed by atoms with Crippen molar-refractivity contribution in [2.75, 3.05) is 12.4 Å². The molecule has 0 fully saturated rings. The molecule has 0 bridgehead atoms. The summed E-state index contributed by atoms with van der Waals surface area (Å²) in [6, 6.07) is 16.1. The molecule has 0 aliphatic rings. The summed E-state index contributed by atoms with van der Waals surface area (Å²) in [7, 11) is 1.61. The first-order valence-electron chi connectivity index (χ1n) is 6.83. The summed E-state index contributed by atoms with van der Waals surface area (Å²) in [6.45, 7) is 0.766. The molecule has 0 spiro atoms. The Morgan fingerprint density at radius 3 is 2.73 bits per heavy atom. The van der Waals surface area contributed by atoms with Gasteiger partial charge in [0.25, 0.3) is 0 Å². The minimum Gasteiger partial charge on any atom is -0.481 e. The molecule has 0 aliphatic carbocycles. The zero-order valence-electron chi connectivity index (χ0n) is 12.0. The third-order valence-corrected chi connectivity index (χ3v) is 4.47. The van der Waals surface area contributed by atoms with Gasteiger partial charge in [0.15, 0.2) is 0 Å². The van der Waals surface area contributed by atoms with E-state index in [-0.39, 0.29) is 0 Å². The van der Waals surface area contributed by atoms with Gasteiger partial charge in [0.1, 0.15) is 0 Å². The Bertz CT molecular complexity index is 755. The van der Waals surface area contributed by atoms with Crippen molar-refractivity contribution in [3.63, 3.8) is 0 Å². The van der Waals surface area contributed by atoms with E-state index in [1.54, 1.807) is 18.4 Å². The highest BCUT2D eigenvalue weighted by Gasteiger charge is 2.02. The Labute approximate surface area is 138 Å². The monoisotopic (exact) mass is 330 g/mol. The molecule has 0 radical (unpaired) electrons. The highest BCUT2D eigenvalue weighted by atomic mass is 35.5. The van der Waals surface area contributed by atoms with Crippen molar-refractivity contribution in [1.29, 1.82) is 0 Å². The molecule has 3 rings (SSSR count). The quantitative estimate of drug-likeness (QED) is 0.708. The number of pyridine rings is 1. The molecule has 1 aromatic carbocycles. The molecule has 0 aliphatic heterocycles. The number of hydrogen-bond acceptors (Lipinski definition) is 4. The maximum atomic E-state index is 5.95. The van der Waals surface area contributed by atoms with Gasteiger partial charge in [-0.2, -0.15) is 0 Å². The van der Waals surface area contributed by atoms with Gasteiger partial charge in [-0.05, 0) is 35.9 Å². The van der Waals surface area contributed by atoms with E-state index in [1.165, 1.54) is 4.88 Å². The van der Waals surface area contributed by atoms with Crippen molar-refractivity contribution in [3.8, 4) is 17.0 Å². The molecule has 0 amide bonds. The number of halogens is 1. The van der Waals surface area contributed by atoms with Crippen LogP contribution in [0, 0.1) is 0 Å². The second-order valence-electron chi connectivity index (χ2n) is 4.73. The average molecular weight is 331 g/mol. The standard InChI is InChI=1S/C17H15ClN2OS/c1-21-17-8-5-13(10-20-17)12-3-2-4-14(9-12)19-11-15-6-7-16(18)22-15/h2-10,19H,11H2,1H3. The number of nitrogens with zero attached hydrogens (tertiary/aromatic N) is 1. The fraction of sp³-hybridized carbons (Fsp3) is 0.118. The van der Waals surface area contributed by atoms with E-state index in [4.69, 9.17) is 16.3 Å². The summed E-state index contributed by atoms with van der Waals surface area (Å²) in [5, 5.41) is 3.41. The normalized spacial score (nSPS) is 10.5. The maximum absolute atomic E-state index is 5.95. The van der Waals surface area contributed by atoms with Gasteiger partial charge in [-0.1, -0.05) is 23.7 Å². The van der Waals surface area contributed by atoms with Crippen LogP contribution in [0.3, 0.4) is 0 Å². The second-order valence-corrected chi connectivity index (χ2v) is 6.53. The van der Waals surface area contributed by atoms with Crippen LogP contribution in [0.15, 0.2) is 54.7 Å². The minimum atomic E-state index is 0.618. The molecule has 2 aromatic heterocycles. The lowest BCUT2D eigenvalue weighted by Crippen LogP contribution is -1.97. The number of ether oxygens (including phenoxy) is 1. The van der Waals surface area contributed by atoms with Gasteiger partial charge in [-0.25, -0.2) is 4.98 Å². The molecule has 0 atom stereocenters. The van der Waals surface area contributed by atoms with E-state index in [1.807, 2.05) is 36.5 Å². The zero-order chi connectivity index (χ0) is 15.4. The van der Waals surface area contributed by atoms with Crippen LogP contribution < -0.4 is 10.1 Å². The Balaban J connectivity index is 1.73. The minimum absolute atomic E-state index is 0.618. The highest BCUT2D eigenvalue weighted by molar-refractivity contribution is 7.16. The predicted octanol–water partition coefficient (Wildman–Crippen LogP) is 5.08. The van der Waals surface area contributed by atoms with Gasteiger partial charge < -0.3 is 10.1 Å². The topological polar surface area (TPSA) is 34.1 Å². The Hall–Kier alpha value is -2.04. The van der Waals surface area contributed by atoms with E-state index in [9.17, 15) is 0 Å². The largest absolute Gasteiger partial charge is 0.481 e. The Morgan fingerprint density at radius 2 is 2.05 bits per heavy atom. The lowest BCUT2D eigenvalue weighted by Gasteiger charge is -2.08. The molecule has 5 heteroatoms. The SMILES string of the molecule is COc1ccc(-c2cccc(NCc3ccc(Cl)s3)c2)cn1. The number of methoxy groups -OCH3 is 1. The Morgan fingerprint density at radius 1 is 1.14 bits per heavy atom. The smallest absolute Gasteiger partial charge is 0.212 e. The van der Waals surface area contributed by atoms with Crippen molar-refractivity contribution >= 4 is 28.6 Å². The summed E-state index contributed by atoms with van der Waals surface area (Å²) in [4.78, 5) is 5.45. The van der Waals surface area contributed by atoms with E-state index < -0.39 is 0 Å². The molecular weight excluding hydrogens is 316 g/mol. The van der Waals surface area contributed by atoms with Crippen molar-refractivity contribution in [2.24, 2.45) is 0 Å². The van der Waals surface area contributed by atoms with E-state index in [0.29, 0.717) is 5.88 Å². The number of benzene rings is 1. The molecule has 2 heterocycles. The summed E-state index contributed by atoms with van der Waals surface area (Å²) in [5.74, 6) is 0.618. The van der Waals surface area contributed by atoms with Crippen LogP contribution in [0.1, 0.15) is 4.88 Å². The number of hydrogen-bond donors (Lipinski definition) is 1. The molecule has 0 unspecified atom stereocenters. The fourth-order valence-electron chi connectivity index (χ4n) is 2.12. The van der Waals surface area contributed by atoms with Gasteiger partial charge in [-0.15, -0.1) is 11.3 Å². The van der Waals surface area contributed by atoms with Crippen LogP contribution >= 0.6 is 22.9 Å².